The number of aromatic nitrogens is 2. The van der Waals surface area contributed by atoms with E-state index in [4.69, 9.17) is 0 Å². The number of sulfonamides is 1. The lowest BCUT2D eigenvalue weighted by Gasteiger charge is -2.20. The molecule has 0 atom stereocenters. The highest BCUT2D eigenvalue weighted by atomic mass is 32.2. The second kappa shape index (κ2) is 9.13. The molecule has 4 aromatic rings. The monoisotopic (exact) mass is 478 g/mol. The van der Waals surface area contributed by atoms with Gasteiger partial charge in [-0.1, -0.05) is 41.2 Å². The van der Waals surface area contributed by atoms with Gasteiger partial charge < -0.3 is 0 Å². The van der Waals surface area contributed by atoms with Gasteiger partial charge in [0.2, 0.25) is 0 Å². The van der Waals surface area contributed by atoms with E-state index in [9.17, 15) is 13.2 Å². The second-order valence-corrected chi connectivity index (χ2v) is 10.4. The van der Waals surface area contributed by atoms with Crippen molar-refractivity contribution in [3.63, 3.8) is 0 Å². The van der Waals surface area contributed by atoms with Crippen molar-refractivity contribution in [2.24, 2.45) is 0 Å². The molecule has 168 valence electrons. The van der Waals surface area contributed by atoms with Crippen LogP contribution in [0, 0.1) is 13.8 Å². The van der Waals surface area contributed by atoms with Crippen LogP contribution in [-0.4, -0.2) is 31.3 Å². The van der Waals surface area contributed by atoms with Gasteiger partial charge in [0.05, 0.1) is 26.8 Å². The molecular formula is C24H22N4O3S2. The summed E-state index contributed by atoms with van der Waals surface area (Å²) in [4.78, 5) is 22.5. The van der Waals surface area contributed by atoms with Crippen LogP contribution in [0.3, 0.4) is 0 Å². The lowest BCUT2D eigenvalue weighted by atomic mass is 10.2. The summed E-state index contributed by atoms with van der Waals surface area (Å²) < 4.78 is 27.5. The Kier molecular flexibility index (Phi) is 6.26. The number of aryl methyl sites for hydroxylation is 2. The molecule has 0 aliphatic heterocycles. The van der Waals surface area contributed by atoms with Crippen molar-refractivity contribution < 1.29 is 13.2 Å². The van der Waals surface area contributed by atoms with Gasteiger partial charge >= 0.3 is 0 Å². The van der Waals surface area contributed by atoms with Crippen molar-refractivity contribution in [3.05, 3.63) is 89.7 Å². The van der Waals surface area contributed by atoms with Crippen molar-refractivity contribution in [2.75, 3.05) is 16.7 Å². The van der Waals surface area contributed by atoms with Crippen LogP contribution >= 0.6 is 11.3 Å². The van der Waals surface area contributed by atoms with Gasteiger partial charge in [-0.15, -0.1) is 0 Å². The number of anilines is 2. The molecule has 7 nitrogen and oxygen atoms in total. The van der Waals surface area contributed by atoms with Crippen molar-refractivity contribution in [3.8, 4) is 10.6 Å². The zero-order valence-electron chi connectivity index (χ0n) is 18.3. The molecule has 0 aliphatic carbocycles. The summed E-state index contributed by atoms with van der Waals surface area (Å²) in [6, 6.07) is 18.8. The van der Waals surface area contributed by atoms with Crippen LogP contribution in [-0.2, 0) is 10.0 Å². The maximum atomic E-state index is 13.1. The summed E-state index contributed by atoms with van der Waals surface area (Å²) in [5.74, 6) is -0.439. The molecule has 1 amide bonds. The molecular weight excluding hydrogens is 456 g/mol. The van der Waals surface area contributed by atoms with Gasteiger partial charge in [0.25, 0.3) is 15.9 Å². The molecule has 0 spiro atoms. The molecule has 4 rings (SSSR count). The minimum atomic E-state index is -3.84. The standard InChI is InChI=1S/C24H22N4O3S2/c1-16-10-12-19(13-11-16)28(3)33(30,31)20-8-6-7-18(15-20)23(29)27-24-26-17(2)22(32-24)21-9-4-5-14-25-21/h4-15H,1-3H3,(H,26,27,29). The Labute approximate surface area is 196 Å². The van der Waals surface area contributed by atoms with Crippen LogP contribution in [0.25, 0.3) is 10.6 Å². The maximum Gasteiger partial charge on any atom is 0.264 e. The number of hydrogen-bond acceptors (Lipinski definition) is 6. The first-order valence-corrected chi connectivity index (χ1v) is 12.4. The second-order valence-electron chi connectivity index (χ2n) is 7.44. The number of thiazole rings is 1. The average Bonchev–Trinajstić information content (AvgIpc) is 3.19. The Morgan fingerprint density at radius 1 is 1.00 bits per heavy atom. The van der Waals surface area contributed by atoms with E-state index in [-0.39, 0.29) is 10.5 Å². The Morgan fingerprint density at radius 3 is 2.45 bits per heavy atom. The van der Waals surface area contributed by atoms with E-state index < -0.39 is 15.9 Å². The predicted octanol–water partition coefficient (Wildman–Crippen LogP) is 4.90. The van der Waals surface area contributed by atoms with Crippen molar-refractivity contribution in [1.82, 2.24) is 9.97 Å². The minimum absolute atomic E-state index is 0.0303. The zero-order chi connectivity index (χ0) is 23.6. The number of benzene rings is 2. The number of hydrogen-bond donors (Lipinski definition) is 1. The quantitative estimate of drug-likeness (QED) is 0.426. The Morgan fingerprint density at radius 2 is 1.76 bits per heavy atom. The number of nitrogens with one attached hydrogen (secondary N) is 1. The first kappa shape index (κ1) is 22.6. The van der Waals surface area contributed by atoms with Gasteiger partial charge in [-0.25, -0.2) is 13.4 Å². The molecule has 0 fully saturated rings. The zero-order valence-corrected chi connectivity index (χ0v) is 19.9. The number of pyridine rings is 1. The fourth-order valence-corrected chi connectivity index (χ4v) is 5.38. The third-order valence-electron chi connectivity index (χ3n) is 5.07. The van der Waals surface area contributed by atoms with Crippen molar-refractivity contribution >= 4 is 38.1 Å². The molecule has 2 aromatic heterocycles. The molecule has 0 aliphatic rings. The van der Waals surface area contributed by atoms with Gasteiger partial charge in [-0.3, -0.25) is 19.4 Å². The normalized spacial score (nSPS) is 11.2. The molecule has 0 unspecified atom stereocenters. The van der Waals surface area contributed by atoms with Gasteiger partial charge in [0, 0.05) is 18.8 Å². The highest BCUT2D eigenvalue weighted by Crippen LogP contribution is 2.31. The summed E-state index contributed by atoms with van der Waals surface area (Å²) >= 11 is 1.32. The molecule has 0 saturated heterocycles. The fraction of sp³-hybridized carbons (Fsp3) is 0.125. The van der Waals surface area contributed by atoms with Crippen LogP contribution in [0.2, 0.25) is 0 Å². The van der Waals surface area contributed by atoms with E-state index in [2.05, 4.69) is 15.3 Å². The predicted molar refractivity (Wildman–Crippen MR) is 131 cm³/mol. The van der Waals surface area contributed by atoms with Crippen molar-refractivity contribution in [1.29, 1.82) is 0 Å². The SMILES string of the molecule is Cc1ccc(N(C)S(=O)(=O)c2cccc(C(=O)Nc3nc(C)c(-c4ccccn4)s3)c2)cc1. The summed E-state index contributed by atoms with van der Waals surface area (Å²) in [6.45, 7) is 3.79. The molecule has 2 aromatic carbocycles. The summed E-state index contributed by atoms with van der Waals surface area (Å²) in [6.07, 6.45) is 1.70. The van der Waals surface area contributed by atoms with Crippen molar-refractivity contribution in [2.45, 2.75) is 18.7 Å². The highest BCUT2D eigenvalue weighted by molar-refractivity contribution is 7.92. The average molecular weight is 479 g/mol. The Hall–Kier alpha value is -3.56. The molecule has 0 radical (unpaired) electrons. The highest BCUT2D eigenvalue weighted by Gasteiger charge is 2.23. The molecule has 0 bridgehead atoms. The van der Waals surface area contributed by atoms with E-state index in [0.29, 0.717) is 10.8 Å². The largest absolute Gasteiger partial charge is 0.298 e. The number of rotatable bonds is 6. The van der Waals surface area contributed by atoms with Crippen LogP contribution in [0.5, 0.6) is 0 Å². The number of carbonyl (C=O) groups is 1. The number of amides is 1. The van der Waals surface area contributed by atoms with Crippen LogP contribution in [0.15, 0.2) is 77.8 Å². The molecule has 2 heterocycles. The summed E-state index contributed by atoms with van der Waals surface area (Å²) in [5, 5.41) is 3.19. The molecule has 33 heavy (non-hydrogen) atoms. The third-order valence-corrected chi connectivity index (χ3v) is 7.94. The first-order chi connectivity index (χ1) is 15.8. The smallest absolute Gasteiger partial charge is 0.264 e. The lowest BCUT2D eigenvalue weighted by Crippen LogP contribution is -2.26. The molecule has 1 N–H and O–H groups in total. The van der Waals surface area contributed by atoms with E-state index in [1.54, 1.807) is 30.5 Å². The van der Waals surface area contributed by atoms with Crippen LogP contribution in [0.1, 0.15) is 21.6 Å². The summed E-state index contributed by atoms with van der Waals surface area (Å²) in [5.41, 5.74) is 3.33. The van der Waals surface area contributed by atoms with E-state index in [0.717, 1.165) is 21.8 Å². The minimum Gasteiger partial charge on any atom is -0.298 e. The third kappa shape index (κ3) is 4.79. The lowest BCUT2D eigenvalue weighted by molar-refractivity contribution is 0.102. The van der Waals surface area contributed by atoms with E-state index in [1.807, 2.05) is 44.2 Å². The number of carbonyl (C=O) groups excluding carboxylic acids is 1. The van der Waals surface area contributed by atoms with Gasteiger partial charge in [0.15, 0.2) is 5.13 Å². The first-order valence-electron chi connectivity index (χ1n) is 10.1. The van der Waals surface area contributed by atoms with Gasteiger partial charge in [0.1, 0.15) is 0 Å². The Bertz CT molecular complexity index is 1400. The molecule has 0 saturated carbocycles. The molecule has 9 heteroatoms. The van der Waals surface area contributed by atoms with Crippen LogP contribution < -0.4 is 9.62 Å². The van der Waals surface area contributed by atoms with E-state index >= 15 is 0 Å². The fourth-order valence-electron chi connectivity index (χ4n) is 3.20. The van der Waals surface area contributed by atoms with Gasteiger partial charge in [-0.05, 0) is 56.3 Å². The summed E-state index contributed by atoms with van der Waals surface area (Å²) in [7, 11) is -2.35. The van der Waals surface area contributed by atoms with Gasteiger partial charge in [-0.2, -0.15) is 0 Å². The Balaban J connectivity index is 1.56. The topological polar surface area (TPSA) is 92.3 Å². The number of nitrogens with zero attached hydrogens (tertiary/aromatic N) is 3. The van der Waals surface area contributed by atoms with Crippen LogP contribution in [0.4, 0.5) is 10.8 Å². The maximum absolute atomic E-state index is 13.1. The van der Waals surface area contributed by atoms with E-state index in [1.165, 1.54) is 34.8 Å².